The molecular formula is C15H25NO2. The predicted molar refractivity (Wildman–Crippen MR) is 75.4 cm³/mol. The molecule has 1 aromatic rings. The Hall–Kier alpha value is -1.22. The number of nitrogens with two attached hydrogens (primary N) is 1. The first-order valence-corrected chi connectivity index (χ1v) is 6.88. The van der Waals surface area contributed by atoms with Crippen LogP contribution in [-0.2, 0) is 6.42 Å². The SMILES string of the molecule is CCOc1cccc(CCN)c1OC(CC)CC. The molecule has 0 aromatic heterocycles. The lowest BCUT2D eigenvalue weighted by Gasteiger charge is -2.21. The van der Waals surface area contributed by atoms with E-state index in [2.05, 4.69) is 19.9 Å². The first-order chi connectivity index (χ1) is 8.76. The van der Waals surface area contributed by atoms with Crippen LogP contribution in [0.1, 0.15) is 39.2 Å². The molecular weight excluding hydrogens is 226 g/mol. The van der Waals surface area contributed by atoms with Crippen LogP contribution in [0, 0.1) is 0 Å². The number of hydrogen-bond acceptors (Lipinski definition) is 3. The average Bonchev–Trinajstić information content (AvgIpc) is 2.39. The molecule has 0 bridgehead atoms. The first-order valence-electron chi connectivity index (χ1n) is 6.88. The summed E-state index contributed by atoms with van der Waals surface area (Å²) >= 11 is 0. The third-order valence-electron chi connectivity index (χ3n) is 2.97. The van der Waals surface area contributed by atoms with Gasteiger partial charge in [0.1, 0.15) is 0 Å². The van der Waals surface area contributed by atoms with Crippen LogP contribution in [0.25, 0.3) is 0 Å². The Morgan fingerprint density at radius 1 is 1.17 bits per heavy atom. The second-order valence-corrected chi connectivity index (χ2v) is 4.27. The van der Waals surface area contributed by atoms with Gasteiger partial charge in [-0.05, 0) is 44.4 Å². The van der Waals surface area contributed by atoms with Gasteiger partial charge in [-0.25, -0.2) is 0 Å². The smallest absolute Gasteiger partial charge is 0.164 e. The normalized spacial score (nSPS) is 10.7. The lowest BCUT2D eigenvalue weighted by molar-refractivity contribution is 0.180. The predicted octanol–water partition coefficient (Wildman–Crippen LogP) is 3.15. The van der Waals surface area contributed by atoms with Crippen LogP contribution in [-0.4, -0.2) is 19.3 Å². The van der Waals surface area contributed by atoms with Crippen molar-refractivity contribution < 1.29 is 9.47 Å². The fourth-order valence-electron chi connectivity index (χ4n) is 1.94. The summed E-state index contributed by atoms with van der Waals surface area (Å²) in [6, 6.07) is 6.02. The van der Waals surface area contributed by atoms with Crippen LogP contribution in [0.15, 0.2) is 18.2 Å². The second kappa shape index (κ2) is 7.98. The van der Waals surface area contributed by atoms with Crippen molar-refractivity contribution in [2.75, 3.05) is 13.2 Å². The van der Waals surface area contributed by atoms with Gasteiger partial charge in [-0.2, -0.15) is 0 Å². The molecule has 0 amide bonds. The minimum Gasteiger partial charge on any atom is -0.490 e. The Morgan fingerprint density at radius 2 is 1.89 bits per heavy atom. The minimum absolute atomic E-state index is 0.239. The van der Waals surface area contributed by atoms with Gasteiger partial charge in [-0.15, -0.1) is 0 Å². The Balaban J connectivity index is 3.00. The fraction of sp³-hybridized carbons (Fsp3) is 0.600. The maximum absolute atomic E-state index is 6.10. The Kier molecular flexibility index (Phi) is 6.58. The molecule has 2 N–H and O–H groups in total. The molecule has 0 saturated carbocycles. The molecule has 1 aromatic carbocycles. The van der Waals surface area contributed by atoms with Gasteiger partial charge in [0, 0.05) is 0 Å². The van der Waals surface area contributed by atoms with Gasteiger partial charge in [0.15, 0.2) is 11.5 Å². The summed E-state index contributed by atoms with van der Waals surface area (Å²) < 4.78 is 11.7. The van der Waals surface area contributed by atoms with Crippen molar-refractivity contribution in [3.8, 4) is 11.5 Å². The number of hydrogen-bond donors (Lipinski definition) is 1. The zero-order valence-electron chi connectivity index (χ0n) is 11.7. The van der Waals surface area contributed by atoms with E-state index in [1.54, 1.807) is 0 Å². The van der Waals surface area contributed by atoms with E-state index in [1.165, 1.54) is 0 Å². The highest BCUT2D eigenvalue weighted by Crippen LogP contribution is 2.33. The zero-order valence-corrected chi connectivity index (χ0v) is 11.7. The second-order valence-electron chi connectivity index (χ2n) is 4.27. The zero-order chi connectivity index (χ0) is 13.4. The molecule has 0 fully saturated rings. The third-order valence-corrected chi connectivity index (χ3v) is 2.97. The lowest BCUT2D eigenvalue weighted by atomic mass is 10.1. The van der Waals surface area contributed by atoms with Crippen LogP contribution in [0.2, 0.25) is 0 Å². The van der Waals surface area contributed by atoms with E-state index < -0.39 is 0 Å². The number of benzene rings is 1. The molecule has 0 saturated heterocycles. The summed E-state index contributed by atoms with van der Waals surface area (Å²) in [5, 5.41) is 0. The fourth-order valence-corrected chi connectivity index (χ4v) is 1.94. The van der Waals surface area contributed by atoms with E-state index in [9.17, 15) is 0 Å². The van der Waals surface area contributed by atoms with Gasteiger partial charge in [-0.1, -0.05) is 26.0 Å². The molecule has 0 aliphatic heterocycles. The van der Waals surface area contributed by atoms with Crippen molar-refractivity contribution >= 4 is 0 Å². The molecule has 0 radical (unpaired) electrons. The molecule has 0 atom stereocenters. The molecule has 1 rings (SSSR count). The van der Waals surface area contributed by atoms with Crippen LogP contribution in [0.5, 0.6) is 11.5 Å². The topological polar surface area (TPSA) is 44.5 Å². The van der Waals surface area contributed by atoms with Crippen molar-refractivity contribution in [2.24, 2.45) is 5.73 Å². The van der Waals surface area contributed by atoms with Crippen molar-refractivity contribution in [1.29, 1.82) is 0 Å². The molecule has 0 aliphatic carbocycles. The van der Waals surface area contributed by atoms with E-state index in [4.69, 9.17) is 15.2 Å². The van der Waals surface area contributed by atoms with Gasteiger partial charge in [-0.3, -0.25) is 0 Å². The number of rotatable bonds is 8. The van der Waals surface area contributed by atoms with Crippen molar-refractivity contribution in [2.45, 2.75) is 46.1 Å². The number of ether oxygens (including phenoxy) is 2. The minimum atomic E-state index is 0.239. The molecule has 102 valence electrons. The molecule has 0 unspecified atom stereocenters. The Morgan fingerprint density at radius 3 is 2.44 bits per heavy atom. The maximum atomic E-state index is 6.10. The van der Waals surface area contributed by atoms with Crippen molar-refractivity contribution in [3.05, 3.63) is 23.8 Å². The summed E-state index contributed by atoms with van der Waals surface area (Å²) in [4.78, 5) is 0. The van der Waals surface area contributed by atoms with E-state index in [-0.39, 0.29) is 6.10 Å². The molecule has 0 aliphatic rings. The van der Waals surface area contributed by atoms with Crippen LogP contribution in [0.4, 0.5) is 0 Å². The largest absolute Gasteiger partial charge is 0.490 e. The Bertz CT molecular complexity index is 324. The highest BCUT2D eigenvalue weighted by atomic mass is 16.5. The monoisotopic (exact) mass is 251 g/mol. The van der Waals surface area contributed by atoms with Crippen LogP contribution < -0.4 is 15.2 Å². The van der Waals surface area contributed by atoms with E-state index >= 15 is 0 Å². The molecule has 3 nitrogen and oxygen atoms in total. The Labute approximate surface area is 110 Å². The molecule has 0 spiro atoms. The number of para-hydroxylation sites is 1. The first kappa shape index (κ1) is 14.8. The summed E-state index contributed by atoms with van der Waals surface area (Å²) in [6.07, 6.45) is 3.05. The van der Waals surface area contributed by atoms with Crippen molar-refractivity contribution in [1.82, 2.24) is 0 Å². The highest BCUT2D eigenvalue weighted by Gasteiger charge is 2.14. The van der Waals surface area contributed by atoms with Gasteiger partial charge < -0.3 is 15.2 Å². The molecule has 0 heterocycles. The summed E-state index contributed by atoms with van der Waals surface area (Å²) in [5.41, 5.74) is 6.79. The van der Waals surface area contributed by atoms with E-state index in [0.29, 0.717) is 13.2 Å². The molecule has 18 heavy (non-hydrogen) atoms. The van der Waals surface area contributed by atoms with Gasteiger partial charge >= 0.3 is 0 Å². The summed E-state index contributed by atoms with van der Waals surface area (Å²) in [5.74, 6) is 1.70. The van der Waals surface area contributed by atoms with Gasteiger partial charge in [0.05, 0.1) is 12.7 Å². The van der Waals surface area contributed by atoms with Crippen molar-refractivity contribution in [3.63, 3.8) is 0 Å². The van der Waals surface area contributed by atoms with Crippen LogP contribution in [0.3, 0.4) is 0 Å². The summed E-state index contributed by atoms with van der Waals surface area (Å²) in [7, 11) is 0. The third kappa shape index (κ3) is 3.91. The standard InChI is InChI=1S/C15H25NO2/c1-4-13(5-2)18-15-12(10-11-16)8-7-9-14(15)17-6-3/h7-9,13H,4-6,10-11,16H2,1-3H3. The maximum Gasteiger partial charge on any atom is 0.164 e. The van der Waals surface area contributed by atoms with Crippen LogP contribution >= 0.6 is 0 Å². The van der Waals surface area contributed by atoms with Gasteiger partial charge in [0.2, 0.25) is 0 Å². The molecule has 3 heteroatoms. The van der Waals surface area contributed by atoms with Gasteiger partial charge in [0.25, 0.3) is 0 Å². The average molecular weight is 251 g/mol. The highest BCUT2D eigenvalue weighted by molar-refractivity contribution is 5.47. The summed E-state index contributed by atoms with van der Waals surface area (Å²) in [6.45, 7) is 7.52. The quantitative estimate of drug-likeness (QED) is 0.772. The lowest BCUT2D eigenvalue weighted by Crippen LogP contribution is -2.16. The van der Waals surface area contributed by atoms with E-state index in [0.717, 1.165) is 36.3 Å². The van der Waals surface area contributed by atoms with E-state index in [1.807, 2.05) is 19.1 Å².